The zero-order valence-corrected chi connectivity index (χ0v) is 12.4. The first-order chi connectivity index (χ1) is 10.2. The summed E-state index contributed by atoms with van der Waals surface area (Å²) in [4.78, 5) is 13.4. The minimum absolute atomic E-state index is 0.237. The monoisotopic (exact) mass is 295 g/mol. The molecule has 0 aliphatic rings. The molecule has 116 valence electrons. The van der Waals surface area contributed by atoms with Crippen molar-refractivity contribution in [3.05, 3.63) is 42.7 Å². The number of carbonyl (C=O) groups is 1. The highest BCUT2D eigenvalue weighted by Crippen LogP contribution is 2.11. The Labute approximate surface area is 125 Å². The molecule has 0 atom stereocenters. The summed E-state index contributed by atoms with van der Waals surface area (Å²) in [5.74, 6) is 0.116. The maximum absolute atomic E-state index is 12.7. The summed E-state index contributed by atoms with van der Waals surface area (Å²) in [6.45, 7) is 7.91. The molecule has 0 saturated heterocycles. The maximum atomic E-state index is 12.7. The fourth-order valence-corrected chi connectivity index (χ4v) is 1.82. The highest BCUT2D eigenvalue weighted by Gasteiger charge is 2.09. The van der Waals surface area contributed by atoms with Crippen molar-refractivity contribution >= 4 is 5.97 Å². The van der Waals surface area contributed by atoms with Crippen molar-refractivity contribution in [1.82, 2.24) is 4.90 Å². The van der Waals surface area contributed by atoms with Gasteiger partial charge in [0.1, 0.15) is 11.6 Å². The Morgan fingerprint density at radius 3 is 2.71 bits per heavy atom. The minimum atomic E-state index is -0.283. The van der Waals surface area contributed by atoms with Crippen LogP contribution in [-0.2, 0) is 9.53 Å². The van der Waals surface area contributed by atoms with E-state index in [1.165, 1.54) is 12.1 Å². The van der Waals surface area contributed by atoms with Crippen molar-refractivity contribution < 1.29 is 18.7 Å². The van der Waals surface area contributed by atoms with Gasteiger partial charge in [-0.2, -0.15) is 0 Å². The SMILES string of the molecule is C=CCN(CCCOc1ccc(F)cc1)CC(=O)OCC. The molecule has 1 aromatic carbocycles. The van der Waals surface area contributed by atoms with Crippen LogP contribution in [0.2, 0.25) is 0 Å². The molecule has 0 aliphatic heterocycles. The lowest BCUT2D eigenvalue weighted by Gasteiger charge is -2.19. The predicted molar refractivity (Wildman–Crippen MR) is 79.8 cm³/mol. The van der Waals surface area contributed by atoms with Crippen LogP contribution in [0.5, 0.6) is 5.75 Å². The van der Waals surface area contributed by atoms with Crippen LogP contribution in [0, 0.1) is 5.82 Å². The van der Waals surface area contributed by atoms with E-state index in [-0.39, 0.29) is 18.3 Å². The largest absolute Gasteiger partial charge is 0.494 e. The third kappa shape index (κ3) is 7.46. The van der Waals surface area contributed by atoms with Gasteiger partial charge in [0, 0.05) is 13.1 Å². The number of hydrogen-bond acceptors (Lipinski definition) is 4. The van der Waals surface area contributed by atoms with Gasteiger partial charge in [-0.1, -0.05) is 6.08 Å². The van der Waals surface area contributed by atoms with Gasteiger partial charge in [-0.05, 0) is 37.6 Å². The molecule has 1 aromatic rings. The number of carbonyl (C=O) groups excluding carboxylic acids is 1. The Hall–Kier alpha value is -1.88. The van der Waals surface area contributed by atoms with Gasteiger partial charge in [0.05, 0.1) is 19.8 Å². The maximum Gasteiger partial charge on any atom is 0.320 e. The topological polar surface area (TPSA) is 38.8 Å². The van der Waals surface area contributed by atoms with Crippen LogP contribution >= 0.6 is 0 Å². The molecule has 0 aromatic heterocycles. The van der Waals surface area contributed by atoms with Crippen LogP contribution in [0.4, 0.5) is 4.39 Å². The molecule has 0 N–H and O–H groups in total. The summed E-state index contributed by atoms with van der Waals surface area (Å²) in [6, 6.07) is 5.91. The van der Waals surface area contributed by atoms with Crippen molar-refractivity contribution in [1.29, 1.82) is 0 Å². The molecule has 1 rings (SSSR count). The molecule has 0 saturated carbocycles. The summed E-state index contributed by atoms with van der Waals surface area (Å²) >= 11 is 0. The lowest BCUT2D eigenvalue weighted by atomic mass is 10.3. The third-order valence-electron chi connectivity index (χ3n) is 2.75. The summed E-state index contributed by atoms with van der Waals surface area (Å²) in [7, 11) is 0. The molecule has 0 fully saturated rings. The summed E-state index contributed by atoms with van der Waals surface area (Å²) < 4.78 is 23.2. The van der Waals surface area contributed by atoms with Gasteiger partial charge < -0.3 is 9.47 Å². The van der Waals surface area contributed by atoms with E-state index < -0.39 is 0 Å². The minimum Gasteiger partial charge on any atom is -0.494 e. The zero-order valence-electron chi connectivity index (χ0n) is 12.4. The van der Waals surface area contributed by atoms with E-state index in [0.29, 0.717) is 32.1 Å². The van der Waals surface area contributed by atoms with Crippen molar-refractivity contribution in [3.63, 3.8) is 0 Å². The van der Waals surface area contributed by atoms with Crippen LogP contribution < -0.4 is 4.74 Å². The fourth-order valence-electron chi connectivity index (χ4n) is 1.82. The zero-order chi connectivity index (χ0) is 15.5. The fraction of sp³-hybridized carbons (Fsp3) is 0.438. The number of ether oxygens (including phenoxy) is 2. The lowest BCUT2D eigenvalue weighted by molar-refractivity contribution is -0.144. The Bertz CT molecular complexity index is 434. The van der Waals surface area contributed by atoms with E-state index in [0.717, 1.165) is 6.42 Å². The smallest absolute Gasteiger partial charge is 0.320 e. The standard InChI is InChI=1S/C16H22FNO3/c1-3-10-18(13-16(19)20-4-2)11-5-12-21-15-8-6-14(17)7-9-15/h3,6-9H,1,4-5,10-13H2,2H3. The van der Waals surface area contributed by atoms with Crippen LogP contribution in [0.15, 0.2) is 36.9 Å². The van der Waals surface area contributed by atoms with Gasteiger partial charge in [-0.25, -0.2) is 4.39 Å². The van der Waals surface area contributed by atoms with Gasteiger partial charge >= 0.3 is 5.97 Å². The molecule has 0 amide bonds. The second kappa shape index (κ2) is 9.94. The number of nitrogens with zero attached hydrogens (tertiary/aromatic N) is 1. The normalized spacial score (nSPS) is 10.4. The molecular weight excluding hydrogens is 273 g/mol. The Kier molecular flexibility index (Phi) is 8.12. The molecule has 21 heavy (non-hydrogen) atoms. The molecule has 4 nitrogen and oxygen atoms in total. The molecule has 0 aliphatic carbocycles. The first-order valence-corrected chi connectivity index (χ1v) is 7.03. The summed E-state index contributed by atoms with van der Waals surface area (Å²) in [5, 5.41) is 0. The quantitative estimate of drug-likeness (QED) is 0.378. The third-order valence-corrected chi connectivity index (χ3v) is 2.75. The predicted octanol–water partition coefficient (Wildman–Crippen LogP) is 2.65. The first-order valence-electron chi connectivity index (χ1n) is 7.03. The lowest BCUT2D eigenvalue weighted by Crippen LogP contribution is -2.32. The molecule has 5 heteroatoms. The molecule has 0 unspecified atom stereocenters. The van der Waals surface area contributed by atoms with Crippen molar-refractivity contribution in [3.8, 4) is 5.75 Å². The second-order valence-electron chi connectivity index (χ2n) is 4.48. The van der Waals surface area contributed by atoms with Crippen LogP contribution in [-0.4, -0.2) is 43.7 Å². The van der Waals surface area contributed by atoms with Gasteiger partial charge in [-0.3, -0.25) is 9.69 Å². The molecule has 0 bridgehead atoms. The number of halogens is 1. The summed E-state index contributed by atoms with van der Waals surface area (Å²) in [5.41, 5.74) is 0. The van der Waals surface area contributed by atoms with E-state index in [2.05, 4.69) is 6.58 Å². The highest BCUT2D eigenvalue weighted by atomic mass is 19.1. The number of hydrogen-bond donors (Lipinski definition) is 0. The molecular formula is C16H22FNO3. The van der Waals surface area contributed by atoms with E-state index in [4.69, 9.17) is 9.47 Å². The van der Waals surface area contributed by atoms with E-state index in [9.17, 15) is 9.18 Å². The molecule has 0 spiro atoms. The van der Waals surface area contributed by atoms with Crippen molar-refractivity contribution in [2.75, 3.05) is 32.8 Å². The van der Waals surface area contributed by atoms with Crippen LogP contribution in [0.1, 0.15) is 13.3 Å². The van der Waals surface area contributed by atoms with Crippen molar-refractivity contribution in [2.45, 2.75) is 13.3 Å². The second-order valence-corrected chi connectivity index (χ2v) is 4.48. The number of benzene rings is 1. The Balaban J connectivity index is 2.27. The van der Waals surface area contributed by atoms with Gasteiger partial charge in [0.25, 0.3) is 0 Å². The Morgan fingerprint density at radius 1 is 1.38 bits per heavy atom. The van der Waals surface area contributed by atoms with Gasteiger partial charge in [-0.15, -0.1) is 6.58 Å². The van der Waals surface area contributed by atoms with Crippen molar-refractivity contribution in [2.24, 2.45) is 0 Å². The molecule has 0 heterocycles. The van der Waals surface area contributed by atoms with E-state index >= 15 is 0 Å². The first kappa shape index (κ1) is 17.2. The summed E-state index contributed by atoms with van der Waals surface area (Å²) in [6.07, 6.45) is 2.50. The number of rotatable bonds is 10. The van der Waals surface area contributed by atoms with E-state index in [1.54, 1.807) is 25.1 Å². The average Bonchev–Trinajstić information content (AvgIpc) is 2.46. The van der Waals surface area contributed by atoms with E-state index in [1.807, 2.05) is 4.90 Å². The molecule has 0 radical (unpaired) electrons. The number of esters is 1. The Morgan fingerprint density at radius 2 is 2.10 bits per heavy atom. The van der Waals surface area contributed by atoms with Crippen LogP contribution in [0.25, 0.3) is 0 Å². The van der Waals surface area contributed by atoms with Crippen LogP contribution in [0.3, 0.4) is 0 Å². The van der Waals surface area contributed by atoms with Gasteiger partial charge in [0.15, 0.2) is 0 Å². The highest BCUT2D eigenvalue weighted by molar-refractivity contribution is 5.71. The average molecular weight is 295 g/mol. The van der Waals surface area contributed by atoms with Gasteiger partial charge in [0.2, 0.25) is 0 Å².